The van der Waals surface area contributed by atoms with E-state index in [0.717, 1.165) is 30.4 Å². The first kappa shape index (κ1) is 18.0. The van der Waals surface area contributed by atoms with Gasteiger partial charge in [-0.25, -0.2) is 0 Å². The van der Waals surface area contributed by atoms with Crippen LogP contribution in [0.15, 0.2) is 30.3 Å². The minimum atomic E-state index is 0.147. The van der Waals surface area contributed by atoms with Crippen molar-refractivity contribution in [1.29, 1.82) is 0 Å². The Kier molecular flexibility index (Phi) is 5.26. The minimum Gasteiger partial charge on any atom is -0.504 e. The summed E-state index contributed by atoms with van der Waals surface area (Å²) >= 11 is 0. The summed E-state index contributed by atoms with van der Waals surface area (Å²) in [6, 6.07) is 9.49. The van der Waals surface area contributed by atoms with Crippen LogP contribution in [-0.2, 0) is 0 Å². The fourth-order valence-electron chi connectivity index (χ4n) is 3.51. The van der Waals surface area contributed by atoms with Crippen LogP contribution < -0.4 is 18.9 Å². The third-order valence-electron chi connectivity index (χ3n) is 4.76. The molecule has 1 aliphatic carbocycles. The predicted molar refractivity (Wildman–Crippen MR) is 101 cm³/mol. The second kappa shape index (κ2) is 7.60. The number of phenolic OH excluding ortho intramolecular Hbond substituents is 1. The van der Waals surface area contributed by atoms with E-state index in [2.05, 4.69) is 0 Å². The molecule has 1 aliphatic rings. The molecular formula is C21H24O5. The van der Waals surface area contributed by atoms with E-state index < -0.39 is 0 Å². The van der Waals surface area contributed by atoms with Gasteiger partial charge in [0.25, 0.3) is 0 Å². The molecule has 26 heavy (non-hydrogen) atoms. The third kappa shape index (κ3) is 3.17. The SMILES string of the molecule is COc1ccc(C2=C(c3cc(OC)c(OC)c(OC)c3)CCC2)cc1O. The summed E-state index contributed by atoms with van der Waals surface area (Å²) in [5.74, 6) is 2.48. The Bertz CT molecular complexity index is 813. The van der Waals surface area contributed by atoms with Crippen molar-refractivity contribution in [3.63, 3.8) is 0 Å². The molecule has 1 N–H and O–H groups in total. The first-order chi connectivity index (χ1) is 12.6. The first-order valence-electron chi connectivity index (χ1n) is 8.52. The zero-order chi connectivity index (χ0) is 18.7. The monoisotopic (exact) mass is 356 g/mol. The van der Waals surface area contributed by atoms with Gasteiger partial charge >= 0.3 is 0 Å². The van der Waals surface area contributed by atoms with Crippen LogP contribution in [0, 0.1) is 0 Å². The lowest BCUT2D eigenvalue weighted by atomic mass is 9.96. The number of ether oxygens (including phenoxy) is 4. The largest absolute Gasteiger partial charge is 0.504 e. The molecule has 0 spiro atoms. The molecule has 0 atom stereocenters. The van der Waals surface area contributed by atoms with E-state index in [4.69, 9.17) is 18.9 Å². The van der Waals surface area contributed by atoms with Gasteiger partial charge in [0.15, 0.2) is 23.0 Å². The average molecular weight is 356 g/mol. The van der Waals surface area contributed by atoms with Crippen LogP contribution in [0.5, 0.6) is 28.7 Å². The number of hydrogen-bond acceptors (Lipinski definition) is 5. The molecule has 0 bridgehead atoms. The van der Waals surface area contributed by atoms with Crippen molar-refractivity contribution in [1.82, 2.24) is 0 Å². The Morgan fingerprint density at radius 2 is 1.27 bits per heavy atom. The number of phenols is 1. The summed E-state index contributed by atoms with van der Waals surface area (Å²) in [7, 11) is 6.38. The lowest BCUT2D eigenvalue weighted by molar-refractivity contribution is 0.324. The van der Waals surface area contributed by atoms with Crippen molar-refractivity contribution in [2.45, 2.75) is 19.3 Å². The third-order valence-corrected chi connectivity index (χ3v) is 4.76. The molecule has 0 amide bonds. The maximum atomic E-state index is 10.1. The van der Waals surface area contributed by atoms with Gasteiger partial charge in [-0.3, -0.25) is 0 Å². The molecule has 138 valence electrons. The standard InChI is InChI=1S/C21H24O5/c1-23-18-9-8-13(10-17(18)22)15-6-5-7-16(15)14-11-19(24-2)21(26-4)20(12-14)25-3/h8-12,22H,5-7H2,1-4H3. The highest BCUT2D eigenvalue weighted by atomic mass is 16.5. The Balaban J connectivity index is 2.12. The Morgan fingerprint density at radius 3 is 1.77 bits per heavy atom. The topological polar surface area (TPSA) is 57.2 Å². The molecule has 0 unspecified atom stereocenters. The highest BCUT2D eigenvalue weighted by molar-refractivity contribution is 5.94. The van der Waals surface area contributed by atoms with Crippen molar-refractivity contribution in [2.75, 3.05) is 28.4 Å². The molecule has 0 radical (unpaired) electrons. The van der Waals surface area contributed by atoms with Gasteiger partial charge in [0.2, 0.25) is 5.75 Å². The van der Waals surface area contributed by atoms with E-state index in [9.17, 15) is 5.11 Å². The highest BCUT2D eigenvalue weighted by Crippen LogP contribution is 2.46. The van der Waals surface area contributed by atoms with Crippen LogP contribution in [0.1, 0.15) is 30.4 Å². The fraction of sp³-hybridized carbons (Fsp3) is 0.333. The minimum absolute atomic E-state index is 0.147. The van der Waals surface area contributed by atoms with Gasteiger partial charge in [-0.2, -0.15) is 0 Å². The lowest BCUT2D eigenvalue weighted by Gasteiger charge is -2.16. The number of aromatic hydroxyl groups is 1. The summed E-state index contributed by atoms with van der Waals surface area (Å²) in [6.07, 6.45) is 2.98. The van der Waals surface area contributed by atoms with Gasteiger partial charge in [-0.05, 0) is 65.8 Å². The maximum absolute atomic E-state index is 10.1. The van der Waals surface area contributed by atoms with E-state index in [1.165, 1.54) is 11.1 Å². The highest BCUT2D eigenvalue weighted by Gasteiger charge is 2.22. The number of hydrogen-bond donors (Lipinski definition) is 1. The van der Waals surface area contributed by atoms with E-state index in [1.54, 1.807) is 40.6 Å². The zero-order valence-corrected chi connectivity index (χ0v) is 15.6. The molecule has 5 nitrogen and oxygen atoms in total. The predicted octanol–water partition coefficient (Wildman–Crippen LogP) is 4.52. The van der Waals surface area contributed by atoms with Crippen LogP contribution in [0.2, 0.25) is 0 Å². The maximum Gasteiger partial charge on any atom is 0.203 e. The van der Waals surface area contributed by atoms with Crippen LogP contribution in [0.3, 0.4) is 0 Å². The fourth-order valence-corrected chi connectivity index (χ4v) is 3.51. The van der Waals surface area contributed by atoms with E-state index >= 15 is 0 Å². The van der Waals surface area contributed by atoms with Gasteiger partial charge in [-0.15, -0.1) is 0 Å². The van der Waals surface area contributed by atoms with Crippen molar-refractivity contribution >= 4 is 11.1 Å². The molecule has 0 saturated carbocycles. The zero-order valence-electron chi connectivity index (χ0n) is 15.6. The van der Waals surface area contributed by atoms with E-state index in [0.29, 0.717) is 23.0 Å². The summed E-state index contributed by atoms with van der Waals surface area (Å²) < 4.78 is 21.5. The number of methoxy groups -OCH3 is 4. The molecular weight excluding hydrogens is 332 g/mol. The van der Waals surface area contributed by atoms with Crippen LogP contribution in [-0.4, -0.2) is 33.5 Å². The van der Waals surface area contributed by atoms with Crippen LogP contribution >= 0.6 is 0 Å². The van der Waals surface area contributed by atoms with Gasteiger partial charge < -0.3 is 24.1 Å². The lowest BCUT2D eigenvalue weighted by Crippen LogP contribution is -1.97. The quantitative estimate of drug-likeness (QED) is 0.824. The molecule has 2 aromatic carbocycles. The number of allylic oxidation sites excluding steroid dienone is 2. The Morgan fingerprint density at radius 1 is 0.692 bits per heavy atom. The molecule has 0 saturated heterocycles. The van der Waals surface area contributed by atoms with Gasteiger partial charge in [0, 0.05) is 0 Å². The van der Waals surface area contributed by atoms with E-state index in [1.807, 2.05) is 18.2 Å². The molecule has 0 aliphatic heterocycles. The molecule has 0 fully saturated rings. The summed E-state index contributed by atoms with van der Waals surface area (Å²) in [5, 5.41) is 10.1. The van der Waals surface area contributed by atoms with Crippen LogP contribution in [0.25, 0.3) is 11.1 Å². The number of benzene rings is 2. The van der Waals surface area contributed by atoms with Gasteiger partial charge in [0.1, 0.15) is 0 Å². The molecule has 0 aromatic heterocycles. The van der Waals surface area contributed by atoms with Crippen molar-refractivity contribution in [3.05, 3.63) is 41.5 Å². The average Bonchev–Trinajstić information content (AvgIpc) is 3.16. The Hall–Kier alpha value is -2.82. The van der Waals surface area contributed by atoms with Crippen molar-refractivity contribution in [2.24, 2.45) is 0 Å². The summed E-state index contributed by atoms with van der Waals surface area (Å²) in [4.78, 5) is 0. The van der Waals surface area contributed by atoms with Crippen molar-refractivity contribution < 1.29 is 24.1 Å². The summed E-state index contributed by atoms with van der Waals surface area (Å²) in [5.41, 5.74) is 4.50. The second-order valence-electron chi connectivity index (χ2n) is 6.11. The van der Waals surface area contributed by atoms with Crippen LogP contribution in [0.4, 0.5) is 0 Å². The molecule has 5 heteroatoms. The summed E-state index contributed by atoms with van der Waals surface area (Å²) in [6.45, 7) is 0. The molecule has 2 aromatic rings. The first-order valence-corrected chi connectivity index (χ1v) is 8.52. The second-order valence-corrected chi connectivity index (χ2v) is 6.11. The number of rotatable bonds is 6. The van der Waals surface area contributed by atoms with E-state index in [-0.39, 0.29) is 5.75 Å². The molecule has 3 rings (SSSR count). The van der Waals surface area contributed by atoms with Crippen molar-refractivity contribution in [3.8, 4) is 28.7 Å². The normalized spacial score (nSPS) is 13.7. The smallest absolute Gasteiger partial charge is 0.203 e. The Labute approximate surface area is 153 Å². The van der Waals surface area contributed by atoms with Gasteiger partial charge in [-0.1, -0.05) is 6.07 Å². The molecule has 0 heterocycles. The van der Waals surface area contributed by atoms with Gasteiger partial charge in [0.05, 0.1) is 28.4 Å².